The molecule has 7 heteroatoms. The summed E-state index contributed by atoms with van der Waals surface area (Å²) in [6.45, 7) is 6.31. The first kappa shape index (κ1) is 23.5. The number of nitrogens with zero attached hydrogens (tertiary/aromatic N) is 1. The van der Waals surface area contributed by atoms with Gasteiger partial charge in [0, 0.05) is 38.9 Å². The Bertz CT molecular complexity index is 1170. The number of piperidine rings is 1. The first-order chi connectivity index (χ1) is 16.2. The van der Waals surface area contributed by atoms with Crippen molar-refractivity contribution < 1.29 is 28.6 Å². The van der Waals surface area contributed by atoms with E-state index < -0.39 is 11.6 Å². The normalized spacial score (nSPS) is 16.8. The van der Waals surface area contributed by atoms with Crippen molar-refractivity contribution in [2.45, 2.75) is 45.6 Å². The number of carbonyl (C=O) groups excluding carboxylic acids is 3. The fourth-order valence-electron chi connectivity index (χ4n) is 4.65. The Balaban J connectivity index is 1.41. The van der Waals surface area contributed by atoms with Crippen molar-refractivity contribution in [1.29, 1.82) is 0 Å². The minimum atomic E-state index is -0.551. The predicted molar refractivity (Wildman–Crippen MR) is 127 cm³/mol. The van der Waals surface area contributed by atoms with Gasteiger partial charge in [-0.15, -0.1) is 0 Å². The molecule has 0 aliphatic carbocycles. The number of methoxy groups -OCH3 is 1. The Morgan fingerprint density at radius 2 is 1.82 bits per heavy atom. The summed E-state index contributed by atoms with van der Waals surface area (Å²) in [5.41, 5.74) is 2.89. The monoisotopic (exact) mass is 463 g/mol. The summed E-state index contributed by atoms with van der Waals surface area (Å²) in [5, 5.41) is 0. The van der Waals surface area contributed by atoms with E-state index in [1.807, 2.05) is 26.0 Å². The summed E-state index contributed by atoms with van der Waals surface area (Å²) in [4.78, 5) is 38.6. The molecule has 2 aromatic rings. The zero-order valence-electron chi connectivity index (χ0n) is 20.0. The van der Waals surface area contributed by atoms with Gasteiger partial charge in [-0.2, -0.15) is 0 Å². The van der Waals surface area contributed by atoms with Gasteiger partial charge in [0.25, 0.3) is 0 Å². The highest BCUT2D eigenvalue weighted by atomic mass is 16.6. The smallest absolute Gasteiger partial charge is 0.308 e. The second-order valence-corrected chi connectivity index (χ2v) is 9.01. The number of fused-ring (bicyclic) bond motifs is 1. The highest BCUT2D eigenvalue weighted by molar-refractivity contribution is 6.01. The molecule has 0 N–H and O–H groups in total. The molecule has 1 saturated heterocycles. The SMILES string of the molecule is COc1cc(/C=C/C(=O)N2CCC3(CC2)CC(=O)c2cc(C)cc(C)c2O3)ccc1OC(C)=O. The highest BCUT2D eigenvalue weighted by Gasteiger charge is 2.44. The number of aryl methyl sites for hydroxylation is 2. The zero-order valence-corrected chi connectivity index (χ0v) is 20.0. The van der Waals surface area contributed by atoms with E-state index in [4.69, 9.17) is 14.2 Å². The Morgan fingerprint density at radius 3 is 2.50 bits per heavy atom. The van der Waals surface area contributed by atoms with Crippen molar-refractivity contribution in [1.82, 2.24) is 4.90 Å². The molecule has 0 aromatic heterocycles. The number of esters is 1. The van der Waals surface area contributed by atoms with Gasteiger partial charge < -0.3 is 19.1 Å². The van der Waals surface area contributed by atoms with E-state index in [1.165, 1.54) is 20.1 Å². The van der Waals surface area contributed by atoms with Crippen LogP contribution in [0.2, 0.25) is 0 Å². The molecule has 4 rings (SSSR count). The van der Waals surface area contributed by atoms with Crippen molar-refractivity contribution in [3.05, 3.63) is 58.7 Å². The number of ketones is 1. The number of benzene rings is 2. The maximum Gasteiger partial charge on any atom is 0.308 e. The van der Waals surface area contributed by atoms with Crippen molar-refractivity contribution in [2.75, 3.05) is 20.2 Å². The Hall–Kier alpha value is -3.61. The van der Waals surface area contributed by atoms with Crippen LogP contribution < -0.4 is 14.2 Å². The summed E-state index contributed by atoms with van der Waals surface area (Å²) in [6.07, 6.45) is 4.78. The molecule has 0 unspecified atom stereocenters. The molecule has 34 heavy (non-hydrogen) atoms. The first-order valence-corrected chi connectivity index (χ1v) is 11.4. The van der Waals surface area contributed by atoms with Gasteiger partial charge in [0.05, 0.1) is 19.1 Å². The van der Waals surface area contributed by atoms with E-state index in [0.29, 0.717) is 55.2 Å². The summed E-state index contributed by atoms with van der Waals surface area (Å²) in [5.74, 6) is 0.999. The molecule has 1 spiro atoms. The van der Waals surface area contributed by atoms with E-state index in [1.54, 1.807) is 29.2 Å². The van der Waals surface area contributed by atoms with Crippen LogP contribution in [0, 0.1) is 13.8 Å². The van der Waals surface area contributed by atoms with Crippen LogP contribution in [-0.2, 0) is 9.59 Å². The van der Waals surface area contributed by atoms with E-state index in [9.17, 15) is 14.4 Å². The van der Waals surface area contributed by atoms with Crippen molar-refractivity contribution in [3.8, 4) is 17.2 Å². The van der Waals surface area contributed by atoms with Crippen LogP contribution in [0.3, 0.4) is 0 Å². The number of carbonyl (C=O) groups is 3. The average molecular weight is 464 g/mol. The van der Waals surface area contributed by atoms with Crippen LogP contribution >= 0.6 is 0 Å². The molecule has 0 bridgehead atoms. The number of Topliss-reactive ketones (excluding diaryl/α,β-unsaturated/α-hetero) is 1. The van der Waals surface area contributed by atoms with Gasteiger partial charge >= 0.3 is 5.97 Å². The topological polar surface area (TPSA) is 82.1 Å². The fraction of sp³-hybridized carbons (Fsp3) is 0.370. The molecule has 0 atom stereocenters. The molecular formula is C27H29NO6. The third kappa shape index (κ3) is 4.83. The Kier molecular flexibility index (Phi) is 6.46. The van der Waals surface area contributed by atoms with Crippen molar-refractivity contribution in [2.24, 2.45) is 0 Å². The van der Waals surface area contributed by atoms with Crippen LogP contribution in [0.5, 0.6) is 17.2 Å². The van der Waals surface area contributed by atoms with E-state index in [2.05, 4.69) is 0 Å². The largest absolute Gasteiger partial charge is 0.493 e. The van der Waals surface area contributed by atoms with Crippen LogP contribution in [0.15, 0.2) is 36.4 Å². The lowest BCUT2D eigenvalue weighted by molar-refractivity contribution is -0.132. The molecule has 2 aliphatic heterocycles. The van der Waals surface area contributed by atoms with Gasteiger partial charge in [-0.25, -0.2) is 0 Å². The Labute approximate surface area is 199 Å². The van der Waals surface area contributed by atoms with Gasteiger partial charge in [-0.3, -0.25) is 14.4 Å². The number of amides is 1. The van der Waals surface area contributed by atoms with Gasteiger partial charge in [0.2, 0.25) is 5.91 Å². The summed E-state index contributed by atoms with van der Waals surface area (Å²) in [6, 6.07) is 9.01. The summed E-state index contributed by atoms with van der Waals surface area (Å²) >= 11 is 0. The maximum absolute atomic E-state index is 12.9. The number of likely N-dealkylation sites (tertiary alicyclic amines) is 1. The molecular weight excluding hydrogens is 434 g/mol. The standard InChI is InChI=1S/C27H29NO6/c1-17-13-18(2)26-21(14-17)22(30)16-27(34-26)9-11-28(12-10-27)25(31)8-6-20-5-7-23(33-19(3)29)24(15-20)32-4/h5-8,13-15H,9-12,16H2,1-4H3/b8-6+. The second kappa shape index (κ2) is 9.33. The third-order valence-corrected chi connectivity index (χ3v) is 6.37. The fourth-order valence-corrected chi connectivity index (χ4v) is 4.65. The number of rotatable bonds is 4. The lowest BCUT2D eigenvalue weighted by Crippen LogP contribution is -2.52. The van der Waals surface area contributed by atoms with Gasteiger partial charge in [-0.1, -0.05) is 12.1 Å². The third-order valence-electron chi connectivity index (χ3n) is 6.37. The molecule has 2 aliphatic rings. The molecule has 2 aromatic carbocycles. The molecule has 178 valence electrons. The average Bonchev–Trinajstić information content (AvgIpc) is 2.79. The van der Waals surface area contributed by atoms with Crippen LogP contribution in [0.4, 0.5) is 0 Å². The van der Waals surface area contributed by atoms with Crippen molar-refractivity contribution >= 4 is 23.7 Å². The predicted octanol–water partition coefficient (Wildman–Crippen LogP) is 4.28. The molecule has 1 fully saturated rings. The van der Waals surface area contributed by atoms with E-state index in [0.717, 1.165) is 16.7 Å². The zero-order chi connectivity index (χ0) is 24.5. The van der Waals surface area contributed by atoms with Gasteiger partial charge in [0.1, 0.15) is 11.4 Å². The molecule has 0 radical (unpaired) electrons. The van der Waals surface area contributed by atoms with Crippen LogP contribution in [0.1, 0.15) is 53.2 Å². The quantitative estimate of drug-likeness (QED) is 0.383. The van der Waals surface area contributed by atoms with Gasteiger partial charge in [-0.05, 0) is 54.8 Å². The lowest BCUT2D eigenvalue weighted by Gasteiger charge is -2.44. The summed E-state index contributed by atoms with van der Waals surface area (Å²) in [7, 11) is 1.49. The molecule has 2 heterocycles. The number of hydrogen-bond donors (Lipinski definition) is 0. The minimum absolute atomic E-state index is 0.104. The summed E-state index contributed by atoms with van der Waals surface area (Å²) < 4.78 is 16.8. The lowest BCUT2D eigenvalue weighted by atomic mass is 9.81. The van der Waals surface area contributed by atoms with E-state index in [-0.39, 0.29) is 11.7 Å². The van der Waals surface area contributed by atoms with Gasteiger partial charge in [0.15, 0.2) is 17.3 Å². The molecule has 1 amide bonds. The van der Waals surface area contributed by atoms with Crippen LogP contribution in [-0.4, -0.2) is 48.4 Å². The minimum Gasteiger partial charge on any atom is -0.493 e. The molecule has 0 saturated carbocycles. The number of ether oxygens (including phenoxy) is 3. The van der Waals surface area contributed by atoms with E-state index >= 15 is 0 Å². The first-order valence-electron chi connectivity index (χ1n) is 11.4. The van der Waals surface area contributed by atoms with Crippen LogP contribution in [0.25, 0.3) is 6.08 Å². The Morgan fingerprint density at radius 1 is 1.09 bits per heavy atom. The maximum atomic E-state index is 12.9. The van der Waals surface area contributed by atoms with Crippen molar-refractivity contribution in [3.63, 3.8) is 0 Å². The highest BCUT2D eigenvalue weighted by Crippen LogP contribution is 2.41. The molecule has 7 nitrogen and oxygen atoms in total. The number of hydrogen-bond acceptors (Lipinski definition) is 6. The second-order valence-electron chi connectivity index (χ2n) is 9.01.